The summed E-state index contributed by atoms with van der Waals surface area (Å²) in [5.41, 5.74) is 4.31. The van der Waals surface area contributed by atoms with E-state index in [4.69, 9.17) is 30.6 Å². The zero-order chi connectivity index (χ0) is 20.1. The Morgan fingerprint density at radius 2 is 1.97 bits per heavy atom. The largest absolute Gasteiger partial charge is 0.496 e. The van der Waals surface area contributed by atoms with Gasteiger partial charge in [0.1, 0.15) is 28.1 Å². The van der Waals surface area contributed by atoms with Crippen molar-refractivity contribution >= 4 is 33.5 Å². The van der Waals surface area contributed by atoms with Gasteiger partial charge in [0.15, 0.2) is 0 Å². The Kier molecular flexibility index (Phi) is 4.44. The quantitative estimate of drug-likeness (QED) is 0.479. The Balaban J connectivity index is 1.72. The van der Waals surface area contributed by atoms with Gasteiger partial charge in [0.05, 0.1) is 23.8 Å². The number of aryl methyl sites for hydroxylation is 2. The van der Waals surface area contributed by atoms with Gasteiger partial charge in [-0.15, -0.1) is 0 Å². The van der Waals surface area contributed by atoms with E-state index >= 15 is 0 Å². The lowest BCUT2D eigenvalue weighted by Crippen LogP contribution is -2.16. The van der Waals surface area contributed by atoms with Gasteiger partial charge in [0.2, 0.25) is 0 Å². The second kappa shape index (κ2) is 7.00. The average molecular weight is 413 g/mol. The summed E-state index contributed by atoms with van der Waals surface area (Å²) in [5.74, 6) is 2.51. The number of hydrogen-bond acceptors (Lipinski definition) is 6. The van der Waals surface area contributed by atoms with Crippen LogP contribution in [0, 0.1) is 13.8 Å². The summed E-state index contributed by atoms with van der Waals surface area (Å²) in [6.45, 7) is 5.28. The van der Waals surface area contributed by atoms with Gasteiger partial charge in [-0.3, -0.25) is 0 Å². The Labute approximate surface area is 172 Å². The van der Waals surface area contributed by atoms with E-state index in [-0.39, 0.29) is 5.92 Å². The highest BCUT2D eigenvalue weighted by Gasteiger charge is 2.23. The minimum atomic E-state index is 0.268. The van der Waals surface area contributed by atoms with E-state index < -0.39 is 0 Å². The molecule has 0 saturated carbocycles. The molecule has 4 heterocycles. The Hall–Kier alpha value is -2.64. The number of H-pyrrole nitrogens is 1. The molecule has 150 valence electrons. The second-order valence-electron chi connectivity index (χ2n) is 7.41. The van der Waals surface area contributed by atoms with Crippen LogP contribution in [0.25, 0.3) is 33.1 Å². The van der Waals surface area contributed by atoms with Crippen molar-refractivity contribution in [1.29, 1.82) is 0 Å². The first-order chi connectivity index (χ1) is 14.1. The highest BCUT2D eigenvalue weighted by molar-refractivity contribution is 6.36. The van der Waals surface area contributed by atoms with Crippen LogP contribution in [0.1, 0.15) is 36.0 Å². The molecule has 0 bridgehead atoms. The third kappa shape index (κ3) is 2.96. The SMILES string of the molecule is COc1cc2c(cc1-c1c(C)noc1C)[nH]c1nc(C3CCOCC3)nc(Cl)c12. The number of ether oxygens (including phenoxy) is 2. The number of halogens is 1. The van der Waals surface area contributed by atoms with Crippen molar-refractivity contribution in [2.24, 2.45) is 0 Å². The van der Waals surface area contributed by atoms with Crippen molar-refractivity contribution in [3.05, 3.63) is 34.6 Å². The van der Waals surface area contributed by atoms with E-state index in [1.807, 2.05) is 26.0 Å². The number of aromatic nitrogens is 4. The molecule has 1 aromatic carbocycles. The fourth-order valence-corrected chi connectivity index (χ4v) is 4.44. The third-order valence-electron chi connectivity index (χ3n) is 5.63. The maximum Gasteiger partial charge on any atom is 0.143 e. The number of aromatic amines is 1. The molecule has 0 unspecified atom stereocenters. The van der Waals surface area contributed by atoms with Crippen LogP contribution in [0.5, 0.6) is 5.75 Å². The molecule has 4 aromatic rings. The number of benzene rings is 1. The highest BCUT2D eigenvalue weighted by atomic mass is 35.5. The maximum atomic E-state index is 6.62. The smallest absolute Gasteiger partial charge is 0.143 e. The minimum Gasteiger partial charge on any atom is -0.496 e. The van der Waals surface area contributed by atoms with Crippen LogP contribution >= 0.6 is 11.6 Å². The molecule has 7 nitrogen and oxygen atoms in total. The number of hydrogen-bond donors (Lipinski definition) is 1. The third-order valence-corrected chi connectivity index (χ3v) is 5.91. The zero-order valence-electron chi connectivity index (χ0n) is 16.5. The van der Waals surface area contributed by atoms with Gasteiger partial charge < -0.3 is 19.0 Å². The van der Waals surface area contributed by atoms with Crippen LogP contribution in [0.4, 0.5) is 0 Å². The molecule has 29 heavy (non-hydrogen) atoms. The topological polar surface area (TPSA) is 86.1 Å². The van der Waals surface area contributed by atoms with Crippen molar-refractivity contribution in [1.82, 2.24) is 20.1 Å². The summed E-state index contributed by atoms with van der Waals surface area (Å²) in [7, 11) is 1.65. The molecular weight excluding hydrogens is 392 g/mol. The minimum absolute atomic E-state index is 0.268. The molecule has 1 aliphatic heterocycles. The summed E-state index contributed by atoms with van der Waals surface area (Å²) in [5, 5.41) is 6.26. The fraction of sp³-hybridized carbons (Fsp3) is 0.381. The number of nitrogens with one attached hydrogen (secondary N) is 1. The summed E-state index contributed by atoms with van der Waals surface area (Å²) >= 11 is 6.62. The number of rotatable bonds is 3. The van der Waals surface area contributed by atoms with Crippen LogP contribution in [-0.2, 0) is 4.74 Å². The van der Waals surface area contributed by atoms with Crippen LogP contribution in [0.3, 0.4) is 0 Å². The molecule has 3 aromatic heterocycles. The van der Waals surface area contributed by atoms with E-state index in [0.717, 1.165) is 82.1 Å². The van der Waals surface area contributed by atoms with Crippen molar-refractivity contribution in [3.8, 4) is 16.9 Å². The van der Waals surface area contributed by atoms with Gasteiger partial charge in [0, 0.05) is 35.6 Å². The predicted molar refractivity (Wildman–Crippen MR) is 111 cm³/mol. The predicted octanol–water partition coefficient (Wildman–Crippen LogP) is 4.94. The maximum absolute atomic E-state index is 6.62. The van der Waals surface area contributed by atoms with E-state index in [0.29, 0.717) is 5.15 Å². The summed E-state index contributed by atoms with van der Waals surface area (Å²) in [6, 6.07) is 4.01. The lowest BCUT2D eigenvalue weighted by molar-refractivity contribution is 0.0836. The molecule has 1 saturated heterocycles. The fourth-order valence-electron chi connectivity index (χ4n) is 4.17. The standard InChI is InChI=1S/C21H21ClN4O3/c1-10-17(11(2)29-26-10)14-8-15-13(9-16(14)27-3)18-19(22)24-20(25-21(18)23-15)12-4-6-28-7-5-12/h8-9,12H,4-7H2,1-3H3,(H,23,24,25). The molecule has 0 radical (unpaired) electrons. The van der Waals surface area contributed by atoms with Gasteiger partial charge in [-0.2, -0.15) is 0 Å². The van der Waals surface area contributed by atoms with E-state index in [1.165, 1.54) is 0 Å². The van der Waals surface area contributed by atoms with Crippen LogP contribution in [-0.4, -0.2) is 40.4 Å². The molecule has 0 spiro atoms. The molecule has 1 aliphatic rings. The first-order valence-corrected chi connectivity index (χ1v) is 10.0. The van der Waals surface area contributed by atoms with Crippen LogP contribution < -0.4 is 4.74 Å². The highest BCUT2D eigenvalue weighted by Crippen LogP contribution is 2.41. The normalized spacial score (nSPS) is 15.4. The monoisotopic (exact) mass is 412 g/mol. The second-order valence-corrected chi connectivity index (χ2v) is 7.76. The lowest BCUT2D eigenvalue weighted by atomic mass is 9.99. The van der Waals surface area contributed by atoms with Gasteiger partial charge in [-0.1, -0.05) is 16.8 Å². The van der Waals surface area contributed by atoms with E-state index in [1.54, 1.807) is 7.11 Å². The van der Waals surface area contributed by atoms with Crippen molar-refractivity contribution in [2.45, 2.75) is 32.6 Å². The summed E-state index contributed by atoms with van der Waals surface area (Å²) in [4.78, 5) is 12.8. The molecule has 8 heteroatoms. The summed E-state index contributed by atoms with van der Waals surface area (Å²) in [6.07, 6.45) is 1.82. The van der Waals surface area contributed by atoms with Crippen molar-refractivity contribution < 1.29 is 14.0 Å². The molecule has 0 amide bonds. The first-order valence-electron chi connectivity index (χ1n) is 9.64. The molecule has 1 N–H and O–H groups in total. The number of methoxy groups -OCH3 is 1. The molecule has 0 atom stereocenters. The van der Waals surface area contributed by atoms with E-state index in [9.17, 15) is 0 Å². The Morgan fingerprint density at radius 1 is 1.17 bits per heavy atom. The van der Waals surface area contributed by atoms with Gasteiger partial charge >= 0.3 is 0 Å². The van der Waals surface area contributed by atoms with Gasteiger partial charge in [-0.25, -0.2) is 9.97 Å². The average Bonchev–Trinajstić information content (AvgIpc) is 3.26. The molecule has 0 aliphatic carbocycles. The Bertz CT molecular complexity index is 1200. The van der Waals surface area contributed by atoms with Gasteiger partial charge in [0.25, 0.3) is 0 Å². The molecule has 5 rings (SSSR count). The van der Waals surface area contributed by atoms with E-state index in [2.05, 4.69) is 15.1 Å². The molecule has 1 fully saturated rings. The molecular formula is C21H21ClN4O3. The lowest BCUT2D eigenvalue weighted by Gasteiger charge is -2.20. The van der Waals surface area contributed by atoms with Crippen LogP contribution in [0.15, 0.2) is 16.7 Å². The zero-order valence-corrected chi connectivity index (χ0v) is 17.3. The van der Waals surface area contributed by atoms with Crippen molar-refractivity contribution in [2.75, 3.05) is 20.3 Å². The number of fused-ring (bicyclic) bond motifs is 3. The van der Waals surface area contributed by atoms with Crippen LogP contribution in [0.2, 0.25) is 5.15 Å². The number of nitrogens with zero attached hydrogens (tertiary/aromatic N) is 3. The Morgan fingerprint density at radius 3 is 2.66 bits per heavy atom. The van der Waals surface area contributed by atoms with Crippen molar-refractivity contribution in [3.63, 3.8) is 0 Å². The van der Waals surface area contributed by atoms with Gasteiger partial charge in [-0.05, 0) is 38.8 Å². The first kappa shape index (κ1) is 18.4. The summed E-state index contributed by atoms with van der Waals surface area (Å²) < 4.78 is 16.5.